The van der Waals surface area contributed by atoms with Crippen molar-refractivity contribution in [1.29, 1.82) is 5.26 Å². The Morgan fingerprint density at radius 1 is 1.20 bits per heavy atom. The molecule has 0 saturated carbocycles. The summed E-state index contributed by atoms with van der Waals surface area (Å²) < 4.78 is 5.58. The van der Waals surface area contributed by atoms with Crippen LogP contribution in [0.4, 0.5) is 0 Å². The third-order valence-electron chi connectivity index (χ3n) is 3.85. The van der Waals surface area contributed by atoms with Gasteiger partial charge in [0.25, 0.3) is 5.91 Å². The molecule has 5 heteroatoms. The van der Waals surface area contributed by atoms with Gasteiger partial charge in [0.15, 0.2) is 6.61 Å². The molecule has 0 atom stereocenters. The van der Waals surface area contributed by atoms with Crippen LogP contribution in [0.5, 0.6) is 5.75 Å². The van der Waals surface area contributed by atoms with E-state index in [4.69, 9.17) is 21.6 Å². The Labute approximate surface area is 153 Å². The smallest absolute Gasteiger partial charge is 0.260 e. The molecule has 0 fully saturated rings. The zero-order valence-electron chi connectivity index (χ0n) is 14.2. The Balaban J connectivity index is 1.92. The van der Waals surface area contributed by atoms with Crippen molar-refractivity contribution < 1.29 is 9.53 Å². The fraction of sp³-hybridized carbons (Fsp3) is 0.300. The average molecular weight is 357 g/mol. The van der Waals surface area contributed by atoms with E-state index in [1.165, 1.54) is 0 Å². The number of aryl methyl sites for hydroxylation is 1. The molecule has 0 N–H and O–H groups in total. The van der Waals surface area contributed by atoms with E-state index in [-0.39, 0.29) is 12.5 Å². The third kappa shape index (κ3) is 6.13. The number of carbonyl (C=O) groups excluding carboxylic acids is 1. The second kappa shape index (κ2) is 9.71. The average Bonchev–Trinajstić information content (AvgIpc) is 2.63. The minimum atomic E-state index is -0.126. The van der Waals surface area contributed by atoms with Gasteiger partial charge in [0, 0.05) is 18.1 Å². The van der Waals surface area contributed by atoms with Crippen molar-refractivity contribution in [2.75, 3.05) is 19.7 Å². The van der Waals surface area contributed by atoms with Gasteiger partial charge in [-0.05, 0) is 42.7 Å². The molecule has 0 aromatic heterocycles. The quantitative estimate of drug-likeness (QED) is 0.718. The predicted molar refractivity (Wildman–Crippen MR) is 98.6 cm³/mol. The fourth-order valence-corrected chi connectivity index (χ4v) is 2.52. The molecule has 0 aliphatic heterocycles. The molecule has 0 aliphatic carbocycles. The summed E-state index contributed by atoms with van der Waals surface area (Å²) in [5.74, 6) is 0.484. The SMILES string of the molecule is Cc1cc(OCC(=O)N(CCC#N)CCc2ccccc2)ccc1Cl. The number of nitrogens with zero attached hydrogens (tertiary/aromatic N) is 2. The van der Waals surface area contributed by atoms with E-state index < -0.39 is 0 Å². The molecule has 25 heavy (non-hydrogen) atoms. The van der Waals surface area contributed by atoms with Crippen LogP contribution in [0.25, 0.3) is 0 Å². The summed E-state index contributed by atoms with van der Waals surface area (Å²) >= 11 is 5.99. The van der Waals surface area contributed by atoms with Gasteiger partial charge in [-0.15, -0.1) is 0 Å². The second-order valence-corrected chi connectivity index (χ2v) is 6.13. The van der Waals surface area contributed by atoms with Gasteiger partial charge in [0.1, 0.15) is 5.75 Å². The van der Waals surface area contributed by atoms with E-state index in [1.54, 1.807) is 23.1 Å². The first kappa shape index (κ1) is 18.8. The lowest BCUT2D eigenvalue weighted by atomic mass is 10.1. The minimum Gasteiger partial charge on any atom is -0.484 e. The molecular formula is C20H21ClN2O2. The maximum atomic E-state index is 12.5. The summed E-state index contributed by atoms with van der Waals surface area (Å²) in [6, 6.07) is 17.4. The van der Waals surface area contributed by atoms with Crippen LogP contribution in [-0.2, 0) is 11.2 Å². The Morgan fingerprint density at radius 3 is 2.64 bits per heavy atom. The van der Waals surface area contributed by atoms with Crippen molar-refractivity contribution in [2.45, 2.75) is 19.8 Å². The van der Waals surface area contributed by atoms with E-state index in [1.807, 2.05) is 37.3 Å². The van der Waals surface area contributed by atoms with Crippen molar-refractivity contribution >= 4 is 17.5 Å². The predicted octanol–water partition coefficient (Wildman–Crippen LogP) is 4.01. The minimum absolute atomic E-state index is 0.0543. The lowest BCUT2D eigenvalue weighted by Crippen LogP contribution is -2.37. The van der Waals surface area contributed by atoms with Crippen molar-refractivity contribution in [1.82, 2.24) is 4.90 Å². The monoisotopic (exact) mass is 356 g/mol. The summed E-state index contributed by atoms with van der Waals surface area (Å²) in [6.45, 7) is 2.80. The summed E-state index contributed by atoms with van der Waals surface area (Å²) in [5.41, 5.74) is 2.06. The number of ether oxygens (including phenoxy) is 1. The highest BCUT2D eigenvalue weighted by molar-refractivity contribution is 6.31. The molecule has 0 aliphatic rings. The topological polar surface area (TPSA) is 53.3 Å². The van der Waals surface area contributed by atoms with Gasteiger partial charge in [-0.25, -0.2) is 0 Å². The molecular weight excluding hydrogens is 336 g/mol. The standard InChI is InChI=1S/C20H21ClN2O2/c1-16-14-18(8-9-19(16)21)25-15-20(24)23(12-5-11-22)13-10-17-6-3-2-4-7-17/h2-4,6-9,14H,5,10,12-13,15H2,1H3. The van der Waals surface area contributed by atoms with Crippen LogP contribution in [0.15, 0.2) is 48.5 Å². The van der Waals surface area contributed by atoms with Crippen molar-refractivity contribution in [3.05, 3.63) is 64.7 Å². The molecule has 2 rings (SSSR count). The van der Waals surface area contributed by atoms with Gasteiger partial charge in [-0.3, -0.25) is 4.79 Å². The highest BCUT2D eigenvalue weighted by Crippen LogP contribution is 2.21. The van der Waals surface area contributed by atoms with Crippen molar-refractivity contribution in [3.63, 3.8) is 0 Å². The maximum absolute atomic E-state index is 12.5. The van der Waals surface area contributed by atoms with Crippen LogP contribution in [0.1, 0.15) is 17.5 Å². The highest BCUT2D eigenvalue weighted by atomic mass is 35.5. The molecule has 130 valence electrons. The maximum Gasteiger partial charge on any atom is 0.260 e. The van der Waals surface area contributed by atoms with Crippen LogP contribution < -0.4 is 4.74 Å². The molecule has 0 heterocycles. The molecule has 0 radical (unpaired) electrons. The van der Waals surface area contributed by atoms with Gasteiger partial charge >= 0.3 is 0 Å². The Hall–Kier alpha value is -2.51. The number of rotatable bonds is 8. The molecule has 4 nitrogen and oxygen atoms in total. The first-order chi connectivity index (χ1) is 12.1. The lowest BCUT2D eigenvalue weighted by Gasteiger charge is -2.22. The summed E-state index contributed by atoms with van der Waals surface area (Å²) in [5, 5.41) is 9.48. The van der Waals surface area contributed by atoms with Crippen molar-refractivity contribution in [2.24, 2.45) is 0 Å². The zero-order valence-corrected chi connectivity index (χ0v) is 15.0. The van der Waals surface area contributed by atoms with Crippen LogP contribution in [-0.4, -0.2) is 30.5 Å². The van der Waals surface area contributed by atoms with Crippen molar-refractivity contribution in [3.8, 4) is 11.8 Å². The highest BCUT2D eigenvalue weighted by Gasteiger charge is 2.14. The largest absolute Gasteiger partial charge is 0.484 e. The Kier molecular flexibility index (Phi) is 7.31. The Bertz CT molecular complexity index is 741. The van der Waals surface area contributed by atoms with E-state index >= 15 is 0 Å². The molecule has 0 bridgehead atoms. The third-order valence-corrected chi connectivity index (χ3v) is 4.28. The fourth-order valence-electron chi connectivity index (χ4n) is 2.40. The number of nitriles is 1. The zero-order chi connectivity index (χ0) is 18.1. The summed E-state index contributed by atoms with van der Waals surface area (Å²) in [6.07, 6.45) is 1.05. The van der Waals surface area contributed by atoms with E-state index in [0.29, 0.717) is 30.3 Å². The molecule has 0 spiro atoms. The van der Waals surface area contributed by atoms with Gasteiger partial charge in [0.2, 0.25) is 0 Å². The van der Waals surface area contributed by atoms with Crippen LogP contribution in [0.3, 0.4) is 0 Å². The Morgan fingerprint density at radius 2 is 1.96 bits per heavy atom. The first-order valence-corrected chi connectivity index (χ1v) is 8.55. The number of halogens is 1. The number of benzene rings is 2. The van der Waals surface area contributed by atoms with E-state index in [2.05, 4.69) is 6.07 Å². The number of hydrogen-bond acceptors (Lipinski definition) is 3. The summed E-state index contributed by atoms with van der Waals surface area (Å²) in [4.78, 5) is 14.1. The molecule has 0 saturated heterocycles. The van der Waals surface area contributed by atoms with Gasteiger partial charge in [-0.1, -0.05) is 41.9 Å². The van der Waals surface area contributed by atoms with Crippen LogP contribution in [0.2, 0.25) is 5.02 Å². The van der Waals surface area contributed by atoms with E-state index in [0.717, 1.165) is 17.5 Å². The first-order valence-electron chi connectivity index (χ1n) is 8.17. The normalized spacial score (nSPS) is 10.1. The molecule has 0 unspecified atom stereocenters. The molecule has 2 aromatic carbocycles. The number of hydrogen-bond donors (Lipinski definition) is 0. The summed E-state index contributed by atoms with van der Waals surface area (Å²) in [7, 11) is 0. The van der Waals surface area contributed by atoms with Crippen LogP contribution >= 0.6 is 11.6 Å². The number of carbonyl (C=O) groups is 1. The van der Waals surface area contributed by atoms with Crippen LogP contribution in [0, 0.1) is 18.3 Å². The lowest BCUT2D eigenvalue weighted by molar-refractivity contribution is -0.133. The molecule has 1 amide bonds. The molecule has 2 aromatic rings. The van der Waals surface area contributed by atoms with Gasteiger partial charge in [-0.2, -0.15) is 5.26 Å². The van der Waals surface area contributed by atoms with Gasteiger partial charge < -0.3 is 9.64 Å². The second-order valence-electron chi connectivity index (χ2n) is 5.72. The van der Waals surface area contributed by atoms with Gasteiger partial charge in [0.05, 0.1) is 12.5 Å². The number of amides is 1. The van der Waals surface area contributed by atoms with E-state index in [9.17, 15) is 4.79 Å².